The molecule has 0 bridgehead atoms. The van der Waals surface area contributed by atoms with Gasteiger partial charge in [0.15, 0.2) is 5.82 Å². The van der Waals surface area contributed by atoms with Gasteiger partial charge in [-0.2, -0.15) is 27.9 Å². The van der Waals surface area contributed by atoms with E-state index in [0.29, 0.717) is 35.8 Å². The Labute approximate surface area is 234 Å². The van der Waals surface area contributed by atoms with E-state index in [1.165, 1.54) is 29.5 Å². The van der Waals surface area contributed by atoms with Crippen LogP contribution in [0.4, 0.5) is 36.3 Å². The SMILES string of the molecule is CCN1CCN(c2cc(-c3c(C(N)=O)ccc(C)c3Nc3ncnn3-c3cc(N)ncn3)cc(C(F)(F)F)c2)CC1. The number of alkyl halides is 3. The lowest BCUT2D eigenvalue weighted by atomic mass is 9.92. The fourth-order valence-corrected chi connectivity index (χ4v) is 4.88. The normalized spacial score (nSPS) is 14.3. The number of likely N-dealkylation sites (N-methyl/N-ethyl adjacent to an activating group) is 1. The first-order valence-electron chi connectivity index (χ1n) is 12.9. The Morgan fingerprint density at radius 1 is 1.02 bits per heavy atom. The number of nitrogen functional groups attached to an aromatic ring is 1. The van der Waals surface area contributed by atoms with E-state index >= 15 is 0 Å². The molecule has 1 saturated heterocycles. The quantitative estimate of drug-likeness (QED) is 0.306. The van der Waals surface area contributed by atoms with Crippen molar-refractivity contribution in [1.82, 2.24) is 29.6 Å². The number of rotatable bonds is 7. The van der Waals surface area contributed by atoms with Crippen molar-refractivity contribution in [1.29, 1.82) is 0 Å². The van der Waals surface area contributed by atoms with Gasteiger partial charge >= 0.3 is 6.18 Å². The molecule has 214 valence electrons. The van der Waals surface area contributed by atoms with Gasteiger partial charge in [-0.25, -0.2) is 9.97 Å². The minimum absolute atomic E-state index is 0.0523. The van der Waals surface area contributed by atoms with Crippen LogP contribution < -0.4 is 21.7 Å². The maximum Gasteiger partial charge on any atom is 0.416 e. The van der Waals surface area contributed by atoms with E-state index in [-0.39, 0.29) is 28.5 Å². The zero-order valence-corrected chi connectivity index (χ0v) is 22.5. The zero-order chi connectivity index (χ0) is 29.3. The Morgan fingerprint density at radius 3 is 2.44 bits per heavy atom. The van der Waals surface area contributed by atoms with Crippen molar-refractivity contribution in [3.05, 3.63) is 65.7 Å². The Bertz CT molecular complexity index is 1580. The van der Waals surface area contributed by atoms with Gasteiger partial charge in [-0.05, 0) is 48.9 Å². The van der Waals surface area contributed by atoms with Gasteiger partial charge in [-0.1, -0.05) is 13.0 Å². The highest BCUT2D eigenvalue weighted by Crippen LogP contribution is 2.41. The van der Waals surface area contributed by atoms with Crippen LogP contribution in [0.2, 0.25) is 0 Å². The van der Waals surface area contributed by atoms with Crippen LogP contribution in [0.15, 0.2) is 49.1 Å². The standard InChI is InChI=1S/C27H29F3N10O/c1-3-38-6-8-39(9-7-38)19-11-17(10-18(12-19)27(28,29)30)23-20(25(32)41)5-4-16(2)24(23)37-26-35-15-36-40(26)22-13-21(31)33-14-34-22/h4-5,10-15H,3,6-9H2,1-2H3,(H2,32,41)(H2,31,33,34)(H,35,36,37). The van der Waals surface area contributed by atoms with Crippen LogP contribution in [0.3, 0.4) is 0 Å². The highest BCUT2D eigenvalue weighted by atomic mass is 19.4. The Morgan fingerprint density at radius 2 is 1.78 bits per heavy atom. The highest BCUT2D eigenvalue weighted by Gasteiger charge is 2.33. The molecule has 1 aliphatic rings. The smallest absolute Gasteiger partial charge is 0.384 e. The summed E-state index contributed by atoms with van der Waals surface area (Å²) in [5.41, 5.74) is 12.6. The van der Waals surface area contributed by atoms with Gasteiger partial charge in [0.25, 0.3) is 0 Å². The van der Waals surface area contributed by atoms with Gasteiger partial charge in [-0.15, -0.1) is 0 Å². The van der Waals surface area contributed by atoms with E-state index in [1.54, 1.807) is 19.1 Å². The first kappa shape index (κ1) is 27.8. The summed E-state index contributed by atoms with van der Waals surface area (Å²) < 4.78 is 43.9. The average molecular weight is 567 g/mol. The molecule has 0 atom stereocenters. The van der Waals surface area contributed by atoms with Crippen molar-refractivity contribution in [2.45, 2.75) is 20.0 Å². The number of carbonyl (C=O) groups excluding carboxylic acids is 1. The topological polar surface area (TPSA) is 144 Å². The van der Waals surface area contributed by atoms with Crippen LogP contribution in [-0.2, 0) is 6.18 Å². The van der Waals surface area contributed by atoms with Gasteiger partial charge in [0.2, 0.25) is 11.9 Å². The number of hydrogen-bond donors (Lipinski definition) is 3. The number of halogens is 3. The molecule has 0 saturated carbocycles. The summed E-state index contributed by atoms with van der Waals surface area (Å²) in [6, 6.07) is 8.51. The summed E-state index contributed by atoms with van der Waals surface area (Å²) in [6.45, 7) is 7.29. The predicted molar refractivity (Wildman–Crippen MR) is 149 cm³/mol. The molecule has 2 aromatic heterocycles. The molecule has 0 unspecified atom stereocenters. The third kappa shape index (κ3) is 5.77. The second-order valence-electron chi connectivity index (χ2n) is 9.65. The summed E-state index contributed by atoms with van der Waals surface area (Å²) in [7, 11) is 0. The summed E-state index contributed by atoms with van der Waals surface area (Å²) in [6.07, 6.45) is -2.07. The number of aryl methyl sites for hydroxylation is 1. The molecule has 4 aromatic rings. The van der Waals surface area contributed by atoms with Crippen molar-refractivity contribution in [3.63, 3.8) is 0 Å². The van der Waals surface area contributed by atoms with E-state index < -0.39 is 17.6 Å². The third-order valence-electron chi connectivity index (χ3n) is 7.07. The maximum atomic E-state index is 14.2. The van der Waals surface area contributed by atoms with Crippen molar-refractivity contribution in [3.8, 4) is 16.9 Å². The molecule has 14 heteroatoms. The molecular formula is C27H29F3N10O. The molecule has 41 heavy (non-hydrogen) atoms. The number of carbonyl (C=O) groups is 1. The number of benzene rings is 2. The zero-order valence-electron chi connectivity index (χ0n) is 22.5. The van der Waals surface area contributed by atoms with Gasteiger partial charge in [-0.3, -0.25) is 4.79 Å². The first-order valence-corrected chi connectivity index (χ1v) is 12.9. The molecular weight excluding hydrogens is 537 g/mol. The first-order chi connectivity index (χ1) is 19.5. The summed E-state index contributed by atoms with van der Waals surface area (Å²) in [5, 5.41) is 7.34. The number of primary amides is 1. The number of amides is 1. The van der Waals surface area contributed by atoms with Crippen LogP contribution in [0.5, 0.6) is 0 Å². The fourth-order valence-electron chi connectivity index (χ4n) is 4.88. The van der Waals surface area contributed by atoms with Crippen LogP contribution in [-0.4, -0.2) is 68.3 Å². The highest BCUT2D eigenvalue weighted by molar-refractivity contribution is 6.04. The minimum atomic E-state index is -4.62. The second-order valence-corrected chi connectivity index (χ2v) is 9.65. The maximum absolute atomic E-state index is 14.2. The lowest BCUT2D eigenvalue weighted by Gasteiger charge is -2.36. The van der Waals surface area contributed by atoms with E-state index in [0.717, 1.165) is 31.8 Å². The number of nitrogens with zero attached hydrogens (tertiary/aromatic N) is 7. The average Bonchev–Trinajstić information content (AvgIpc) is 3.41. The van der Waals surface area contributed by atoms with Crippen LogP contribution in [0, 0.1) is 6.92 Å². The van der Waals surface area contributed by atoms with E-state index in [1.807, 2.05) is 4.90 Å². The molecule has 1 aliphatic heterocycles. The van der Waals surface area contributed by atoms with E-state index in [9.17, 15) is 18.0 Å². The Hall–Kier alpha value is -4.72. The van der Waals surface area contributed by atoms with Crippen LogP contribution in [0.1, 0.15) is 28.4 Å². The van der Waals surface area contributed by atoms with Crippen molar-refractivity contribution in [2.24, 2.45) is 5.73 Å². The fraction of sp³-hybridized carbons (Fsp3) is 0.296. The molecule has 5 rings (SSSR count). The minimum Gasteiger partial charge on any atom is -0.384 e. The molecule has 3 heterocycles. The number of anilines is 4. The molecule has 1 amide bonds. The Kier molecular flexibility index (Phi) is 7.49. The monoisotopic (exact) mass is 566 g/mol. The number of aromatic nitrogens is 5. The largest absolute Gasteiger partial charge is 0.416 e. The second kappa shape index (κ2) is 11.0. The molecule has 11 nitrogen and oxygen atoms in total. The van der Waals surface area contributed by atoms with Crippen molar-refractivity contribution < 1.29 is 18.0 Å². The van der Waals surface area contributed by atoms with Gasteiger partial charge in [0, 0.05) is 49.1 Å². The third-order valence-corrected chi connectivity index (χ3v) is 7.07. The lowest BCUT2D eigenvalue weighted by Crippen LogP contribution is -2.46. The van der Waals surface area contributed by atoms with E-state index in [4.69, 9.17) is 11.5 Å². The molecule has 2 aromatic carbocycles. The lowest BCUT2D eigenvalue weighted by molar-refractivity contribution is -0.137. The van der Waals surface area contributed by atoms with Crippen molar-refractivity contribution in [2.75, 3.05) is 48.7 Å². The number of nitrogens with two attached hydrogens (primary N) is 2. The molecule has 5 N–H and O–H groups in total. The van der Waals surface area contributed by atoms with Gasteiger partial charge in [0.05, 0.1) is 11.3 Å². The number of hydrogen-bond acceptors (Lipinski definition) is 9. The van der Waals surface area contributed by atoms with Crippen LogP contribution in [0.25, 0.3) is 16.9 Å². The molecule has 0 spiro atoms. The van der Waals surface area contributed by atoms with Crippen LogP contribution >= 0.6 is 0 Å². The van der Waals surface area contributed by atoms with Gasteiger partial charge in [0.1, 0.15) is 18.5 Å². The van der Waals surface area contributed by atoms with Crippen molar-refractivity contribution >= 4 is 29.0 Å². The molecule has 0 aliphatic carbocycles. The summed E-state index contributed by atoms with van der Waals surface area (Å²) in [4.78, 5) is 29.1. The number of piperazine rings is 1. The summed E-state index contributed by atoms with van der Waals surface area (Å²) >= 11 is 0. The van der Waals surface area contributed by atoms with E-state index in [2.05, 4.69) is 37.2 Å². The Balaban J connectivity index is 1.66. The van der Waals surface area contributed by atoms with Gasteiger partial charge < -0.3 is 26.6 Å². The molecule has 1 fully saturated rings. The predicted octanol–water partition coefficient (Wildman–Crippen LogP) is 3.62. The summed E-state index contributed by atoms with van der Waals surface area (Å²) in [5.74, 6) is -0.0729. The molecule has 0 radical (unpaired) electrons. The number of nitrogens with one attached hydrogen (secondary N) is 1.